The van der Waals surface area contributed by atoms with Crippen LogP contribution in [-0.4, -0.2) is 69.6 Å². The number of carbonyl (C=O) groups is 2. The molecule has 2 aromatic rings. The number of carbonyl (C=O) groups excluding carboxylic acids is 2. The first-order valence-electron chi connectivity index (χ1n) is 9.78. The van der Waals surface area contributed by atoms with Crippen LogP contribution in [0.1, 0.15) is 18.4 Å². The van der Waals surface area contributed by atoms with Crippen LogP contribution in [0.15, 0.2) is 49.1 Å². The van der Waals surface area contributed by atoms with Gasteiger partial charge < -0.3 is 19.1 Å². The van der Waals surface area contributed by atoms with Crippen LogP contribution in [0.3, 0.4) is 0 Å². The van der Waals surface area contributed by atoms with Gasteiger partial charge in [-0.05, 0) is 12.0 Å². The summed E-state index contributed by atoms with van der Waals surface area (Å²) in [5.74, 6) is 0.0548. The summed E-state index contributed by atoms with van der Waals surface area (Å²) in [5.41, 5.74) is 1.06. The van der Waals surface area contributed by atoms with Gasteiger partial charge in [0.2, 0.25) is 11.8 Å². The number of fused-ring (bicyclic) bond motifs is 1. The first-order chi connectivity index (χ1) is 13.7. The summed E-state index contributed by atoms with van der Waals surface area (Å²) in [6.07, 6.45) is 6.98. The molecule has 0 radical (unpaired) electrons. The fourth-order valence-corrected chi connectivity index (χ4v) is 4.26. The van der Waals surface area contributed by atoms with E-state index in [0.717, 1.165) is 12.0 Å². The van der Waals surface area contributed by atoms with Gasteiger partial charge in [0.25, 0.3) is 0 Å². The van der Waals surface area contributed by atoms with Crippen molar-refractivity contribution in [2.75, 3.05) is 20.2 Å². The highest BCUT2D eigenvalue weighted by Crippen LogP contribution is 2.29. The van der Waals surface area contributed by atoms with E-state index in [2.05, 4.69) is 4.98 Å². The molecule has 2 aliphatic heterocycles. The highest BCUT2D eigenvalue weighted by molar-refractivity contribution is 5.89. The number of methoxy groups -OCH3 is 1. The molecule has 0 aliphatic carbocycles. The Bertz CT molecular complexity index is 808. The molecule has 1 aromatic heterocycles. The molecule has 148 valence electrons. The van der Waals surface area contributed by atoms with E-state index in [-0.39, 0.29) is 24.0 Å². The van der Waals surface area contributed by atoms with Gasteiger partial charge in [0, 0.05) is 52.0 Å². The van der Waals surface area contributed by atoms with E-state index >= 15 is 0 Å². The number of aromatic nitrogens is 2. The number of hydrogen-bond donors (Lipinski definition) is 0. The fraction of sp³-hybridized carbons (Fsp3) is 0.476. The Labute approximate surface area is 164 Å². The van der Waals surface area contributed by atoms with Crippen molar-refractivity contribution in [2.45, 2.75) is 44.0 Å². The monoisotopic (exact) mass is 382 g/mol. The third-order valence-electron chi connectivity index (χ3n) is 5.80. The lowest BCUT2D eigenvalue weighted by atomic mass is 9.98. The standard InChI is InChI=1S/C21H26N4O3/c1-28-18-12-17-13-25(20(26)7-9-23-10-8-22-15-23)19(21(27)24(17)14-18)11-16-5-3-2-4-6-16/h2-6,8,10,15,17-19H,7,9,11-14H2,1H3/t17-,18-,19-/m0/s1. The number of piperazine rings is 1. The maximum absolute atomic E-state index is 13.3. The Morgan fingerprint density at radius 3 is 2.79 bits per heavy atom. The van der Waals surface area contributed by atoms with Gasteiger partial charge in [-0.2, -0.15) is 0 Å². The molecular formula is C21H26N4O3. The van der Waals surface area contributed by atoms with Crippen LogP contribution < -0.4 is 0 Å². The second-order valence-electron chi connectivity index (χ2n) is 7.54. The smallest absolute Gasteiger partial charge is 0.246 e. The summed E-state index contributed by atoms with van der Waals surface area (Å²) < 4.78 is 7.38. The van der Waals surface area contributed by atoms with E-state index < -0.39 is 6.04 Å². The summed E-state index contributed by atoms with van der Waals surface area (Å²) in [4.78, 5) is 34.1. The molecule has 2 fully saturated rings. The van der Waals surface area contributed by atoms with Crippen LogP contribution in [0.5, 0.6) is 0 Å². The van der Waals surface area contributed by atoms with Crippen LogP contribution in [0, 0.1) is 0 Å². The lowest BCUT2D eigenvalue weighted by molar-refractivity contribution is -0.153. The highest BCUT2D eigenvalue weighted by Gasteiger charge is 2.46. The summed E-state index contributed by atoms with van der Waals surface area (Å²) in [5, 5.41) is 0. The van der Waals surface area contributed by atoms with Crippen LogP contribution in [0.25, 0.3) is 0 Å². The van der Waals surface area contributed by atoms with Crippen molar-refractivity contribution >= 4 is 11.8 Å². The molecular weight excluding hydrogens is 356 g/mol. The van der Waals surface area contributed by atoms with Crippen LogP contribution >= 0.6 is 0 Å². The van der Waals surface area contributed by atoms with Gasteiger partial charge in [0.05, 0.1) is 18.5 Å². The summed E-state index contributed by atoms with van der Waals surface area (Å²) >= 11 is 0. The molecule has 28 heavy (non-hydrogen) atoms. The quantitative estimate of drug-likeness (QED) is 0.756. The average molecular weight is 382 g/mol. The largest absolute Gasteiger partial charge is 0.380 e. The molecule has 2 amide bonds. The first kappa shape index (κ1) is 18.7. The lowest BCUT2D eigenvalue weighted by Gasteiger charge is -2.43. The minimum Gasteiger partial charge on any atom is -0.380 e. The number of rotatable bonds is 6. The van der Waals surface area contributed by atoms with Crippen molar-refractivity contribution in [3.63, 3.8) is 0 Å². The van der Waals surface area contributed by atoms with Gasteiger partial charge in [-0.3, -0.25) is 9.59 Å². The van der Waals surface area contributed by atoms with E-state index in [4.69, 9.17) is 4.74 Å². The maximum atomic E-state index is 13.3. The lowest BCUT2D eigenvalue weighted by Crippen LogP contribution is -2.61. The Hall–Kier alpha value is -2.67. The number of amides is 2. The zero-order valence-electron chi connectivity index (χ0n) is 16.1. The number of nitrogens with zero attached hydrogens (tertiary/aromatic N) is 4. The molecule has 0 unspecified atom stereocenters. The predicted molar refractivity (Wildman–Crippen MR) is 103 cm³/mol. The van der Waals surface area contributed by atoms with Crippen molar-refractivity contribution in [1.29, 1.82) is 0 Å². The molecule has 7 nitrogen and oxygen atoms in total. The average Bonchev–Trinajstić information content (AvgIpc) is 3.38. The molecule has 0 N–H and O–H groups in total. The molecule has 1 aromatic carbocycles. The second-order valence-corrected chi connectivity index (χ2v) is 7.54. The van der Waals surface area contributed by atoms with Gasteiger partial charge in [0.1, 0.15) is 6.04 Å². The molecule has 2 aliphatic rings. The van der Waals surface area contributed by atoms with Gasteiger partial charge in [-0.25, -0.2) is 4.98 Å². The first-order valence-corrected chi connectivity index (χ1v) is 9.78. The third-order valence-corrected chi connectivity index (χ3v) is 5.80. The van der Waals surface area contributed by atoms with Crippen LogP contribution in [0.2, 0.25) is 0 Å². The predicted octanol–water partition coefficient (Wildman–Crippen LogP) is 1.34. The number of benzene rings is 1. The minimum atomic E-state index is -0.454. The van der Waals surface area contributed by atoms with Crippen molar-refractivity contribution in [3.8, 4) is 0 Å². The minimum absolute atomic E-state index is 0.0171. The SMILES string of the molecule is CO[C@H]1C[C@H]2CN(C(=O)CCn3ccnc3)[C@@H](Cc3ccccc3)C(=O)N2C1. The Morgan fingerprint density at radius 1 is 1.25 bits per heavy atom. The van der Waals surface area contributed by atoms with E-state index in [1.54, 1.807) is 24.5 Å². The van der Waals surface area contributed by atoms with Gasteiger partial charge in [0.15, 0.2) is 0 Å². The molecule has 3 atom stereocenters. The van der Waals surface area contributed by atoms with Crippen molar-refractivity contribution in [3.05, 3.63) is 54.6 Å². The summed E-state index contributed by atoms with van der Waals surface area (Å²) in [7, 11) is 1.68. The van der Waals surface area contributed by atoms with E-state index in [1.165, 1.54) is 0 Å². The van der Waals surface area contributed by atoms with Gasteiger partial charge in [-0.1, -0.05) is 30.3 Å². The van der Waals surface area contributed by atoms with Gasteiger partial charge in [-0.15, -0.1) is 0 Å². The fourth-order valence-electron chi connectivity index (χ4n) is 4.26. The normalized spacial score (nSPS) is 24.5. The topological polar surface area (TPSA) is 67.7 Å². The zero-order valence-corrected chi connectivity index (χ0v) is 16.1. The summed E-state index contributed by atoms with van der Waals surface area (Å²) in [6, 6.07) is 9.50. The molecule has 0 spiro atoms. The number of ether oxygens (including phenoxy) is 1. The summed E-state index contributed by atoms with van der Waals surface area (Å²) in [6.45, 7) is 1.75. The van der Waals surface area contributed by atoms with Crippen molar-refractivity contribution in [2.24, 2.45) is 0 Å². The Balaban J connectivity index is 1.53. The molecule has 7 heteroatoms. The zero-order chi connectivity index (χ0) is 19.5. The van der Waals surface area contributed by atoms with Crippen molar-refractivity contribution < 1.29 is 14.3 Å². The van der Waals surface area contributed by atoms with E-state index in [0.29, 0.717) is 32.5 Å². The molecule has 2 saturated heterocycles. The number of aryl methyl sites for hydroxylation is 1. The van der Waals surface area contributed by atoms with Crippen LogP contribution in [0.4, 0.5) is 0 Å². The second kappa shape index (κ2) is 8.14. The van der Waals surface area contributed by atoms with E-state index in [9.17, 15) is 9.59 Å². The number of imidazole rings is 1. The van der Waals surface area contributed by atoms with Crippen LogP contribution in [-0.2, 0) is 27.3 Å². The van der Waals surface area contributed by atoms with Crippen molar-refractivity contribution in [1.82, 2.24) is 19.4 Å². The third kappa shape index (κ3) is 3.80. The molecule has 0 saturated carbocycles. The molecule has 4 rings (SSSR count). The molecule has 0 bridgehead atoms. The molecule has 3 heterocycles. The Kier molecular flexibility index (Phi) is 5.43. The number of hydrogen-bond acceptors (Lipinski definition) is 4. The van der Waals surface area contributed by atoms with Gasteiger partial charge >= 0.3 is 0 Å². The maximum Gasteiger partial charge on any atom is 0.246 e. The van der Waals surface area contributed by atoms with E-state index in [1.807, 2.05) is 46.0 Å². The Morgan fingerprint density at radius 2 is 2.07 bits per heavy atom. The highest BCUT2D eigenvalue weighted by atomic mass is 16.5.